The highest BCUT2D eigenvalue weighted by molar-refractivity contribution is 6.13. The first-order chi connectivity index (χ1) is 10.8. The highest BCUT2D eigenvalue weighted by atomic mass is 16.1. The molecule has 2 aromatic carbocycles. The third-order valence-corrected chi connectivity index (χ3v) is 4.27. The number of ketones is 1. The summed E-state index contributed by atoms with van der Waals surface area (Å²) in [4.78, 5) is 15.2. The minimum absolute atomic E-state index is 0.0730. The number of anilines is 2. The third-order valence-electron chi connectivity index (χ3n) is 4.27. The molecule has 0 spiro atoms. The first-order valence-electron chi connectivity index (χ1n) is 7.96. The lowest BCUT2D eigenvalue weighted by atomic mass is 9.99. The number of nitrogens with one attached hydrogen (secondary N) is 1. The number of carbonyl (C=O) groups excluding carboxylic acids is 1. The van der Waals surface area contributed by atoms with Gasteiger partial charge in [0, 0.05) is 31.3 Å². The van der Waals surface area contributed by atoms with Crippen molar-refractivity contribution in [1.82, 2.24) is 0 Å². The molecule has 0 amide bonds. The number of benzene rings is 2. The van der Waals surface area contributed by atoms with Crippen molar-refractivity contribution in [2.24, 2.45) is 0 Å². The van der Waals surface area contributed by atoms with Crippen LogP contribution in [0.1, 0.15) is 35.2 Å². The maximum absolute atomic E-state index is 12.8. The fraction of sp³-hybridized carbons (Fsp3) is 0.316. The Morgan fingerprint density at radius 3 is 2.36 bits per heavy atom. The summed E-state index contributed by atoms with van der Waals surface area (Å²) in [7, 11) is 1.89. The van der Waals surface area contributed by atoms with Gasteiger partial charge in [-0.25, -0.2) is 0 Å². The Morgan fingerprint density at radius 1 is 0.955 bits per heavy atom. The molecule has 3 rings (SSSR count). The van der Waals surface area contributed by atoms with E-state index < -0.39 is 0 Å². The van der Waals surface area contributed by atoms with E-state index in [2.05, 4.69) is 16.3 Å². The Balaban J connectivity index is 1.99. The average molecular weight is 294 g/mol. The van der Waals surface area contributed by atoms with Crippen LogP contribution in [0.25, 0.3) is 0 Å². The van der Waals surface area contributed by atoms with Crippen LogP contribution in [-0.4, -0.2) is 25.9 Å². The fourth-order valence-corrected chi connectivity index (χ4v) is 3.14. The standard InChI is InChI=1S/C19H22N2O/c1-20-18-16(19(22)15-9-4-2-5-10-15)11-8-12-17(18)21-13-6-3-7-14-21/h2,4-5,8-12,20H,3,6-7,13-14H2,1H3. The van der Waals surface area contributed by atoms with Gasteiger partial charge in [0.2, 0.25) is 0 Å². The summed E-state index contributed by atoms with van der Waals surface area (Å²) in [6, 6.07) is 15.5. The van der Waals surface area contributed by atoms with Gasteiger partial charge < -0.3 is 10.2 Å². The monoisotopic (exact) mass is 294 g/mol. The van der Waals surface area contributed by atoms with E-state index in [4.69, 9.17) is 0 Å². The molecule has 1 heterocycles. The largest absolute Gasteiger partial charge is 0.386 e. The summed E-state index contributed by atoms with van der Waals surface area (Å²) in [5.41, 5.74) is 3.56. The number of hydrogen-bond donors (Lipinski definition) is 1. The molecule has 0 aromatic heterocycles. The molecular weight excluding hydrogens is 272 g/mol. The van der Waals surface area contributed by atoms with Crippen molar-refractivity contribution in [2.75, 3.05) is 30.4 Å². The van der Waals surface area contributed by atoms with Crippen LogP contribution in [0, 0.1) is 0 Å². The molecule has 0 atom stereocenters. The van der Waals surface area contributed by atoms with Crippen LogP contribution in [0.2, 0.25) is 0 Å². The van der Waals surface area contributed by atoms with Gasteiger partial charge in [0.1, 0.15) is 0 Å². The van der Waals surface area contributed by atoms with Crippen LogP contribution in [0.5, 0.6) is 0 Å². The normalized spacial score (nSPS) is 14.7. The Morgan fingerprint density at radius 2 is 1.68 bits per heavy atom. The number of piperidine rings is 1. The van der Waals surface area contributed by atoms with Crippen molar-refractivity contribution in [3.8, 4) is 0 Å². The number of carbonyl (C=O) groups is 1. The van der Waals surface area contributed by atoms with E-state index in [1.807, 2.05) is 49.5 Å². The van der Waals surface area contributed by atoms with E-state index in [9.17, 15) is 4.79 Å². The number of rotatable bonds is 4. The van der Waals surface area contributed by atoms with Gasteiger partial charge in [-0.15, -0.1) is 0 Å². The van der Waals surface area contributed by atoms with Gasteiger partial charge in [-0.2, -0.15) is 0 Å². The molecular formula is C19H22N2O. The first-order valence-corrected chi connectivity index (χ1v) is 7.96. The van der Waals surface area contributed by atoms with E-state index in [1.165, 1.54) is 19.3 Å². The molecule has 0 bridgehead atoms. The van der Waals surface area contributed by atoms with E-state index >= 15 is 0 Å². The molecule has 22 heavy (non-hydrogen) atoms. The molecule has 1 N–H and O–H groups in total. The quantitative estimate of drug-likeness (QED) is 0.867. The van der Waals surface area contributed by atoms with Gasteiger partial charge in [-0.3, -0.25) is 4.79 Å². The number of para-hydroxylation sites is 1. The lowest BCUT2D eigenvalue weighted by Crippen LogP contribution is -2.30. The minimum atomic E-state index is 0.0730. The van der Waals surface area contributed by atoms with E-state index in [1.54, 1.807) is 0 Å². The lowest BCUT2D eigenvalue weighted by molar-refractivity contribution is 0.103. The maximum atomic E-state index is 12.8. The summed E-state index contributed by atoms with van der Waals surface area (Å²) >= 11 is 0. The number of hydrogen-bond acceptors (Lipinski definition) is 3. The molecule has 1 fully saturated rings. The Hall–Kier alpha value is -2.29. The van der Waals surface area contributed by atoms with Crippen molar-refractivity contribution < 1.29 is 4.79 Å². The third kappa shape index (κ3) is 2.84. The predicted octanol–water partition coefficient (Wildman–Crippen LogP) is 3.95. The van der Waals surface area contributed by atoms with Crippen molar-refractivity contribution >= 4 is 17.2 Å². The van der Waals surface area contributed by atoms with Crippen LogP contribution in [0.4, 0.5) is 11.4 Å². The lowest BCUT2D eigenvalue weighted by Gasteiger charge is -2.31. The zero-order chi connectivity index (χ0) is 15.4. The van der Waals surface area contributed by atoms with Crippen molar-refractivity contribution in [3.63, 3.8) is 0 Å². The second-order valence-corrected chi connectivity index (χ2v) is 5.69. The Kier molecular flexibility index (Phi) is 4.42. The smallest absolute Gasteiger partial charge is 0.195 e. The zero-order valence-corrected chi connectivity index (χ0v) is 13.0. The van der Waals surface area contributed by atoms with Gasteiger partial charge in [0.25, 0.3) is 0 Å². The number of nitrogens with zero attached hydrogens (tertiary/aromatic N) is 1. The van der Waals surface area contributed by atoms with Crippen LogP contribution in [-0.2, 0) is 0 Å². The van der Waals surface area contributed by atoms with E-state index in [0.29, 0.717) is 0 Å². The summed E-state index contributed by atoms with van der Waals surface area (Å²) in [5.74, 6) is 0.0730. The molecule has 0 radical (unpaired) electrons. The van der Waals surface area contributed by atoms with Crippen molar-refractivity contribution in [2.45, 2.75) is 19.3 Å². The van der Waals surface area contributed by atoms with Crippen molar-refractivity contribution in [3.05, 3.63) is 59.7 Å². The average Bonchev–Trinajstić information content (AvgIpc) is 2.62. The molecule has 3 heteroatoms. The van der Waals surface area contributed by atoms with E-state index in [-0.39, 0.29) is 5.78 Å². The van der Waals surface area contributed by atoms with Gasteiger partial charge in [-0.05, 0) is 31.4 Å². The predicted molar refractivity (Wildman–Crippen MR) is 91.9 cm³/mol. The summed E-state index contributed by atoms with van der Waals surface area (Å²) in [6.07, 6.45) is 3.74. The fourth-order valence-electron chi connectivity index (χ4n) is 3.14. The molecule has 1 aliphatic heterocycles. The first kappa shape index (κ1) is 14.6. The van der Waals surface area contributed by atoms with Gasteiger partial charge in [-0.1, -0.05) is 36.4 Å². The maximum Gasteiger partial charge on any atom is 0.195 e. The minimum Gasteiger partial charge on any atom is -0.386 e. The summed E-state index contributed by atoms with van der Waals surface area (Å²) < 4.78 is 0. The van der Waals surface area contributed by atoms with Crippen LogP contribution in [0.15, 0.2) is 48.5 Å². The molecule has 114 valence electrons. The molecule has 3 nitrogen and oxygen atoms in total. The molecule has 1 aliphatic rings. The molecule has 0 unspecified atom stereocenters. The second kappa shape index (κ2) is 6.65. The molecule has 0 aliphatic carbocycles. The van der Waals surface area contributed by atoms with Gasteiger partial charge >= 0.3 is 0 Å². The highest BCUT2D eigenvalue weighted by Crippen LogP contribution is 2.32. The molecule has 2 aromatic rings. The SMILES string of the molecule is CNc1c(C(=O)c2ccccc2)cccc1N1CCCCC1. The van der Waals surface area contributed by atoms with Gasteiger partial charge in [0.05, 0.1) is 11.4 Å². The van der Waals surface area contributed by atoms with E-state index in [0.717, 1.165) is 35.6 Å². The molecule has 1 saturated heterocycles. The Bertz CT molecular complexity index is 646. The zero-order valence-electron chi connectivity index (χ0n) is 13.0. The molecule has 0 saturated carbocycles. The summed E-state index contributed by atoms with van der Waals surface area (Å²) in [5, 5.41) is 3.25. The van der Waals surface area contributed by atoms with Crippen LogP contribution >= 0.6 is 0 Å². The topological polar surface area (TPSA) is 32.3 Å². The van der Waals surface area contributed by atoms with Crippen LogP contribution < -0.4 is 10.2 Å². The van der Waals surface area contributed by atoms with Crippen LogP contribution in [0.3, 0.4) is 0 Å². The second-order valence-electron chi connectivity index (χ2n) is 5.69. The van der Waals surface area contributed by atoms with Crippen molar-refractivity contribution in [1.29, 1.82) is 0 Å². The Labute approximate surface area is 132 Å². The highest BCUT2D eigenvalue weighted by Gasteiger charge is 2.19. The van der Waals surface area contributed by atoms with Gasteiger partial charge in [0.15, 0.2) is 5.78 Å². The summed E-state index contributed by atoms with van der Waals surface area (Å²) in [6.45, 7) is 2.13.